The van der Waals surface area contributed by atoms with Crippen molar-refractivity contribution in [3.63, 3.8) is 0 Å². The van der Waals surface area contributed by atoms with Crippen molar-refractivity contribution < 1.29 is 19.1 Å². The average molecular weight is 473 g/mol. The molecule has 2 aliphatic rings. The van der Waals surface area contributed by atoms with Gasteiger partial charge in [-0.15, -0.1) is 0 Å². The summed E-state index contributed by atoms with van der Waals surface area (Å²) in [5.41, 5.74) is 2.81. The zero-order valence-electron chi connectivity index (χ0n) is 20.2. The first kappa shape index (κ1) is 24.0. The molecule has 8 heteroatoms. The van der Waals surface area contributed by atoms with Crippen LogP contribution in [0, 0.1) is 16.7 Å². The summed E-state index contributed by atoms with van der Waals surface area (Å²) in [6.45, 7) is 6.84. The van der Waals surface area contributed by atoms with Crippen molar-refractivity contribution in [2.75, 3.05) is 19.9 Å². The minimum atomic E-state index is -0.597. The van der Waals surface area contributed by atoms with Crippen molar-refractivity contribution in [1.29, 1.82) is 5.26 Å². The van der Waals surface area contributed by atoms with Crippen LogP contribution in [0.4, 0.5) is 0 Å². The first-order valence-electron chi connectivity index (χ1n) is 11.5. The Labute approximate surface area is 205 Å². The number of carbonyl (C=O) groups is 3. The van der Waals surface area contributed by atoms with Gasteiger partial charge in [-0.1, -0.05) is 24.3 Å². The maximum Gasteiger partial charge on any atom is 0.312 e. The first-order chi connectivity index (χ1) is 16.7. The van der Waals surface area contributed by atoms with Crippen molar-refractivity contribution in [3.05, 3.63) is 82.7 Å². The molecular formula is C27H28N4O4. The van der Waals surface area contributed by atoms with Crippen LogP contribution in [0.2, 0.25) is 0 Å². The molecule has 0 N–H and O–H groups in total. The molecule has 0 aliphatic carbocycles. The molecule has 0 spiro atoms. The van der Waals surface area contributed by atoms with Gasteiger partial charge in [-0.05, 0) is 50.6 Å². The zero-order valence-corrected chi connectivity index (χ0v) is 20.2. The number of nitriles is 1. The lowest BCUT2D eigenvalue weighted by molar-refractivity contribution is -0.157. The second-order valence-corrected chi connectivity index (χ2v) is 9.73. The number of hydrogen-bond donors (Lipinski definition) is 0. The van der Waals surface area contributed by atoms with Crippen LogP contribution in [0.25, 0.3) is 0 Å². The third-order valence-corrected chi connectivity index (χ3v) is 5.99. The van der Waals surface area contributed by atoms with Crippen LogP contribution in [0.1, 0.15) is 59.0 Å². The van der Waals surface area contributed by atoms with Gasteiger partial charge in [0.15, 0.2) is 6.73 Å². The van der Waals surface area contributed by atoms with Gasteiger partial charge in [0.05, 0.1) is 34.8 Å². The predicted octanol–water partition coefficient (Wildman–Crippen LogP) is 3.71. The minimum absolute atomic E-state index is 0.108. The average Bonchev–Trinajstić information content (AvgIpc) is 3.33. The van der Waals surface area contributed by atoms with Gasteiger partial charge in [0.1, 0.15) is 0 Å². The van der Waals surface area contributed by atoms with Crippen LogP contribution in [0.5, 0.6) is 0 Å². The van der Waals surface area contributed by atoms with Gasteiger partial charge in [0, 0.05) is 31.4 Å². The third-order valence-electron chi connectivity index (χ3n) is 5.99. The van der Waals surface area contributed by atoms with E-state index in [-0.39, 0.29) is 31.1 Å². The van der Waals surface area contributed by atoms with Crippen LogP contribution in [0.15, 0.2) is 60.4 Å². The van der Waals surface area contributed by atoms with E-state index < -0.39 is 5.41 Å². The summed E-state index contributed by atoms with van der Waals surface area (Å²) in [6, 6.07) is 16.3. The summed E-state index contributed by atoms with van der Waals surface area (Å²) in [5, 5.41) is 9.05. The first-order valence-corrected chi connectivity index (χ1v) is 11.5. The van der Waals surface area contributed by atoms with Gasteiger partial charge in [-0.3, -0.25) is 19.3 Å². The fraction of sp³-hybridized carbons (Fsp3) is 0.333. The molecule has 0 saturated heterocycles. The number of esters is 1. The molecule has 2 amide bonds. The van der Waals surface area contributed by atoms with Crippen molar-refractivity contribution >= 4 is 17.8 Å². The molecule has 0 saturated carbocycles. The number of fused-ring (bicyclic) bond motifs is 1. The van der Waals surface area contributed by atoms with E-state index in [1.165, 1.54) is 4.90 Å². The van der Waals surface area contributed by atoms with Gasteiger partial charge in [0.25, 0.3) is 11.8 Å². The number of hydrogen-bond acceptors (Lipinski definition) is 7. The molecule has 4 rings (SSSR count). The van der Waals surface area contributed by atoms with Crippen LogP contribution in [-0.2, 0) is 16.1 Å². The van der Waals surface area contributed by atoms with Gasteiger partial charge in [0.2, 0.25) is 0 Å². The number of rotatable bonds is 7. The third kappa shape index (κ3) is 5.19. The number of amides is 2. The van der Waals surface area contributed by atoms with Crippen molar-refractivity contribution in [3.8, 4) is 6.07 Å². The maximum atomic E-state index is 12.8. The second-order valence-electron chi connectivity index (χ2n) is 9.73. The lowest BCUT2D eigenvalue weighted by Crippen LogP contribution is -2.33. The second kappa shape index (κ2) is 9.63. The molecule has 2 heterocycles. The van der Waals surface area contributed by atoms with E-state index in [1.54, 1.807) is 57.2 Å². The topological polar surface area (TPSA) is 93.9 Å². The van der Waals surface area contributed by atoms with E-state index in [9.17, 15) is 14.4 Å². The lowest BCUT2D eigenvalue weighted by atomic mass is 9.98. The van der Waals surface area contributed by atoms with E-state index in [4.69, 9.17) is 10.00 Å². The summed E-state index contributed by atoms with van der Waals surface area (Å²) in [6.07, 6.45) is 2.38. The number of ether oxygens (including phenoxy) is 1. The van der Waals surface area contributed by atoms with E-state index in [1.807, 2.05) is 23.2 Å². The molecular weight excluding hydrogens is 444 g/mol. The van der Waals surface area contributed by atoms with Crippen molar-refractivity contribution in [2.45, 2.75) is 33.7 Å². The summed E-state index contributed by atoms with van der Waals surface area (Å²) < 4.78 is 5.48. The van der Waals surface area contributed by atoms with Gasteiger partial charge >= 0.3 is 5.97 Å². The summed E-state index contributed by atoms with van der Waals surface area (Å²) in [4.78, 5) is 43.0. The largest absolute Gasteiger partial charge is 0.444 e. The summed E-state index contributed by atoms with van der Waals surface area (Å²) >= 11 is 0. The highest BCUT2D eigenvalue weighted by Crippen LogP contribution is 2.27. The van der Waals surface area contributed by atoms with Gasteiger partial charge in [-0.2, -0.15) is 5.26 Å². The van der Waals surface area contributed by atoms with E-state index in [0.29, 0.717) is 36.3 Å². The number of imide groups is 1. The SMILES string of the molecule is CC(C)(C)C(=O)OCN1C=C(CCN2C(=O)c3ccccc3C2=O)N(Cc2ccc(C#N)cc2)C1. The fourth-order valence-corrected chi connectivity index (χ4v) is 4.03. The van der Waals surface area contributed by atoms with Gasteiger partial charge < -0.3 is 14.5 Å². The van der Waals surface area contributed by atoms with Crippen LogP contribution in [0.3, 0.4) is 0 Å². The number of benzene rings is 2. The van der Waals surface area contributed by atoms with Gasteiger partial charge in [-0.25, -0.2) is 0 Å². The number of carbonyl (C=O) groups excluding carboxylic acids is 3. The smallest absolute Gasteiger partial charge is 0.312 e. The molecule has 2 aromatic rings. The molecule has 0 aromatic heterocycles. The standard InChI is InChI=1S/C27H28N4O4/c1-27(2,3)26(34)35-18-29-16-21(30(17-29)15-20-10-8-19(14-28)9-11-20)12-13-31-24(32)22-6-4-5-7-23(22)25(31)33/h4-11,16H,12-13,15,17-18H2,1-3H3. The molecule has 0 fully saturated rings. The molecule has 0 radical (unpaired) electrons. The Morgan fingerprint density at radius 2 is 1.66 bits per heavy atom. The molecule has 2 aromatic carbocycles. The molecule has 35 heavy (non-hydrogen) atoms. The molecule has 0 atom stereocenters. The van der Waals surface area contributed by atoms with E-state index in [0.717, 1.165) is 11.3 Å². The fourth-order valence-electron chi connectivity index (χ4n) is 4.03. The van der Waals surface area contributed by atoms with Crippen molar-refractivity contribution in [1.82, 2.24) is 14.7 Å². The normalized spacial score (nSPS) is 15.3. The Hall–Kier alpha value is -4.12. The molecule has 8 nitrogen and oxygen atoms in total. The maximum absolute atomic E-state index is 12.8. The van der Waals surface area contributed by atoms with E-state index >= 15 is 0 Å². The minimum Gasteiger partial charge on any atom is -0.444 e. The monoisotopic (exact) mass is 472 g/mol. The Morgan fingerprint density at radius 3 is 2.23 bits per heavy atom. The van der Waals surface area contributed by atoms with Crippen LogP contribution < -0.4 is 0 Å². The zero-order chi connectivity index (χ0) is 25.2. The molecule has 2 aliphatic heterocycles. The Kier molecular flexibility index (Phi) is 6.61. The molecule has 180 valence electrons. The quantitative estimate of drug-likeness (QED) is 0.448. The van der Waals surface area contributed by atoms with Crippen LogP contribution in [-0.4, -0.2) is 52.4 Å². The Morgan fingerprint density at radius 1 is 1.03 bits per heavy atom. The highest BCUT2D eigenvalue weighted by atomic mass is 16.5. The van der Waals surface area contributed by atoms with Crippen LogP contribution >= 0.6 is 0 Å². The lowest BCUT2D eigenvalue weighted by Gasteiger charge is -2.25. The molecule has 0 unspecified atom stereocenters. The van der Waals surface area contributed by atoms with Crippen molar-refractivity contribution in [2.24, 2.45) is 5.41 Å². The highest BCUT2D eigenvalue weighted by Gasteiger charge is 2.35. The predicted molar refractivity (Wildman–Crippen MR) is 128 cm³/mol. The number of nitrogens with zero attached hydrogens (tertiary/aromatic N) is 4. The summed E-state index contributed by atoms with van der Waals surface area (Å²) in [5.74, 6) is -0.846. The Balaban J connectivity index is 1.47. The highest BCUT2D eigenvalue weighted by molar-refractivity contribution is 6.21. The Bertz CT molecular complexity index is 1190. The van der Waals surface area contributed by atoms with E-state index in [2.05, 4.69) is 11.0 Å². The summed E-state index contributed by atoms with van der Waals surface area (Å²) in [7, 11) is 0. The molecule has 0 bridgehead atoms.